The maximum atomic E-state index is 11.3. The predicted octanol–water partition coefficient (Wildman–Crippen LogP) is 2.07. The van der Waals surface area contributed by atoms with Crippen LogP contribution in [0.3, 0.4) is 0 Å². The summed E-state index contributed by atoms with van der Waals surface area (Å²) in [5.74, 6) is -0.821. The van der Waals surface area contributed by atoms with Gasteiger partial charge in [-0.05, 0) is 25.5 Å². The number of imidazole rings is 1. The topological polar surface area (TPSA) is 66.6 Å². The summed E-state index contributed by atoms with van der Waals surface area (Å²) in [6.45, 7) is 4.15. The molecule has 0 aromatic carbocycles. The molecule has 0 spiro atoms. The Morgan fingerprint density at radius 2 is 2.32 bits per heavy atom. The Hall–Kier alpha value is -1.88. The van der Waals surface area contributed by atoms with Crippen molar-refractivity contribution in [3.05, 3.63) is 36.3 Å². The molecule has 5 nitrogen and oxygen atoms in total. The summed E-state index contributed by atoms with van der Waals surface area (Å²) in [4.78, 5) is 15.8. The van der Waals surface area contributed by atoms with Gasteiger partial charge >= 0.3 is 5.97 Å². The number of nitrogens with one attached hydrogen (secondary N) is 1. The van der Waals surface area contributed by atoms with Crippen molar-refractivity contribution in [2.24, 2.45) is 0 Å². The summed E-state index contributed by atoms with van der Waals surface area (Å²) in [5.41, 5.74) is 0.812. The molecule has 0 amide bonds. The number of carboxylic acids is 1. The van der Waals surface area contributed by atoms with E-state index in [1.807, 2.05) is 41.9 Å². The van der Waals surface area contributed by atoms with E-state index in [-0.39, 0.29) is 0 Å². The fraction of sp³-hybridized carbons (Fsp3) is 0.429. The van der Waals surface area contributed by atoms with Crippen molar-refractivity contribution < 1.29 is 9.90 Å². The maximum Gasteiger partial charge on any atom is 0.323 e. The summed E-state index contributed by atoms with van der Waals surface area (Å²) in [6.07, 6.45) is 5.25. The highest BCUT2D eigenvalue weighted by Gasteiger charge is 2.31. The lowest BCUT2D eigenvalue weighted by Crippen LogP contribution is -2.48. The van der Waals surface area contributed by atoms with Crippen LogP contribution in [0.4, 0.5) is 0 Å². The Balaban J connectivity index is 2.10. The lowest BCUT2D eigenvalue weighted by molar-refractivity contribution is -0.144. The van der Waals surface area contributed by atoms with E-state index in [0.717, 1.165) is 17.8 Å². The molecule has 1 unspecified atom stereocenters. The summed E-state index contributed by atoms with van der Waals surface area (Å²) >= 11 is 0. The van der Waals surface area contributed by atoms with Gasteiger partial charge in [-0.15, -0.1) is 0 Å². The Labute approximate surface area is 112 Å². The van der Waals surface area contributed by atoms with Crippen LogP contribution in [0.2, 0.25) is 0 Å². The number of aromatic nitrogens is 2. The zero-order valence-corrected chi connectivity index (χ0v) is 11.3. The molecule has 2 aromatic rings. The Morgan fingerprint density at radius 1 is 1.53 bits per heavy atom. The summed E-state index contributed by atoms with van der Waals surface area (Å²) in [5, 5.41) is 12.4. The van der Waals surface area contributed by atoms with E-state index >= 15 is 0 Å². The zero-order valence-electron chi connectivity index (χ0n) is 11.3. The number of nitrogens with zero attached hydrogens (tertiary/aromatic N) is 2. The average Bonchev–Trinajstić information content (AvgIpc) is 2.79. The Bertz CT molecular complexity index is 546. The third kappa shape index (κ3) is 2.93. The number of carbonyl (C=O) groups is 1. The van der Waals surface area contributed by atoms with Gasteiger partial charge in [-0.2, -0.15) is 0 Å². The fourth-order valence-electron chi connectivity index (χ4n) is 2.13. The van der Waals surface area contributed by atoms with Crippen molar-refractivity contribution in [2.75, 3.05) is 0 Å². The number of carboxylic acid groups (broad SMARTS) is 1. The van der Waals surface area contributed by atoms with Crippen LogP contribution in [0.25, 0.3) is 5.65 Å². The largest absolute Gasteiger partial charge is 0.480 e. The van der Waals surface area contributed by atoms with Crippen molar-refractivity contribution in [3.63, 3.8) is 0 Å². The molecule has 0 saturated carbocycles. The first kappa shape index (κ1) is 13.5. The van der Waals surface area contributed by atoms with Gasteiger partial charge in [-0.1, -0.05) is 19.4 Å². The van der Waals surface area contributed by atoms with Gasteiger partial charge in [0.1, 0.15) is 11.2 Å². The molecule has 0 fully saturated rings. The molecule has 2 N–H and O–H groups in total. The van der Waals surface area contributed by atoms with E-state index < -0.39 is 11.5 Å². The van der Waals surface area contributed by atoms with Gasteiger partial charge in [-0.25, -0.2) is 4.98 Å². The first-order valence-corrected chi connectivity index (χ1v) is 6.46. The van der Waals surface area contributed by atoms with E-state index in [2.05, 4.69) is 10.3 Å². The number of aliphatic carboxylic acids is 1. The first-order valence-electron chi connectivity index (χ1n) is 6.46. The highest BCUT2D eigenvalue weighted by Crippen LogP contribution is 2.14. The van der Waals surface area contributed by atoms with Crippen molar-refractivity contribution in [3.8, 4) is 0 Å². The molecule has 102 valence electrons. The van der Waals surface area contributed by atoms with Gasteiger partial charge < -0.3 is 9.51 Å². The second-order valence-corrected chi connectivity index (χ2v) is 4.94. The normalized spacial score (nSPS) is 14.4. The maximum absolute atomic E-state index is 11.3. The van der Waals surface area contributed by atoms with Crippen LogP contribution in [0.15, 0.2) is 30.6 Å². The minimum atomic E-state index is -0.898. The molecule has 0 radical (unpaired) electrons. The fourth-order valence-corrected chi connectivity index (χ4v) is 2.13. The van der Waals surface area contributed by atoms with Crippen molar-refractivity contribution in [2.45, 2.75) is 38.8 Å². The zero-order chi connectivity index (χ0) is 13.9. The third-order valence-corrected chi connectivity index (χ3v) is 3.30. The van der Waals surface area contributed by atoms with Crippen LogP contribution >= 0.6 is 0 Å². The van der Waals surface area contributed by atoms with Gasteiger partial charge in [-0.3, -0.25) is 10.1 Å². The van der Waals surface area contributed by atoms with Crippen LogP contribution in [0, 0.1) is 0 Å². The van der Waals surface area contributed by atoms with E-state index in [4.69, 9.17) is 0 Å². The van der Waals surface area contributed by atoms with E-state index in [1.165, 1.54) is 0 Å². The van der Waals surface area contributed by atoms with Gasteiger partial charge in [0, 0.05) is 18.9 Å². The number of pyridine rings is 1. The van der Waals surface area contributed by atoms with Gasteiger partial charge in [0.2, 0.25) is 0 Å². The van der Waals surface area contributed by atoms with Crippen molar-refractivity contribution >= 4 is 11.6 Å². The number of hydrogen-bond donors (Lipinski definition) is 2. The molecular formula is C14H19N3O2. The molecule has 0 saturated heterocycles. The summed E-state index contributed by atoms with van der Waals surface area (Å²) < 4.78 is 1.93. The smallest absolute Gasteiger partial charge is 0.323 e. The van der Waals surface area contributed by atoms with Crippen LogP contribution in [0.5, 0.6) is 0 Å². The van der Waals surface area contributed by atoms with Crippen LogP contribution in [-0.2, 0) is 11.3 Å². The lowest BCUT2D eigenvalue weighted by atomic mass is 9.96. The van der Waals surface area contributed by atoms with Gasteiger partial charge in [0.25, 0.3) is 0 Å². The average molecular weight is 261 g/mol. The quantitative estimate of drug-likeness (QED) is 0.835. The van der Waals surface area contributed by atoms with E-state index in [9.17, 15) is 9.90 Å². The second-order valence-electron chi connectivity index (χ2n) is 4.94. The second kappa shape index (κ2) is 5.40. The molecule has 0 bridgehead atoms. The highest BCUT2D eigenvalue weighted by molar-refractivity contribution is 5.78. The van der Waals surface area contributed by atoms with Crippen LogP contribution < -0.4 is 5.32 Å². The Kier molecular flexibility index (Phi) is 3.85. The monoisotopic (exact) mass is 261 g/mol. The molecule has 2 rings (SSSR count). The molecule has 2 aromatic heterocycles. The van der Waals surface area contributed by atoms with E-state index in [1.54, 1.807) is 6.92 Å². The molecule has 0 aliphatic heterocycles. The predicted molar refractivity (Wildman–Crippen MR) is 73.0 cm³/mol. The van der Waals surface area contributed by atoms with Crippen LogP contribution in [0.1, 0.15) is 32.4 Å². The molecular weight excluding hydrogens is 242 g/mol. The summed E-state index contributed by atoms with van der Waals surface area (Å²) in [7, 11) is 0. The van der Waals surface area contributed by atoms with Gasteiger partial charge in [0.15, 0.2) is 0 Å². The molecule has 19 heavy (non-hydrogen) atoms. The first-order chi connectivity index (χ1) is 9.05. The van der Waals surface area contributed by atoms with E-state index in [0.29, 0.717) is 13.0 Å². The van der Waals surface area contributed by atoms with Crippen molar-refractivity contribution in [1.82, 2.24) is 14.7 Å². The number of rotatable bonds is 6. The van der Waals surface area contributed by atoms with Crippen molar-refractivity contribution in [1.29, 1.82) is 0 Å². The minimum absolute atomic E-state index is 0.449. The van der Waals surface area contributed by atoms with Crippen LogP contribution in [-0.4, -0.2) is 26.0 Å². The summed E-state index contributed by atoms with van der Waals surface area (Å²) in [6, 6.07) is 5.79. The number of hydrogen-bond acceptors (Lipinski definition) is 3. The Morgan fingerprint density at radius 3 is 2.95 bits per heavy atom. The molecule has 0 aliphatic carbocycles. The highest BCUT2D eigenvalue weighted by atomic mass is 16.4. The minimum Gasteiger partial charge on any atom is -0.480 e. The third-order valence-electron chi connectivity index (χ3n) is 3.30. The molecule has 0 aliphatic rings. The molecule has 2 heterocycles. The molecule has 5 heteroatoms. The van der Waals surface area contributed by atoms with Gasteiger partial charge in [0.05, 0.1) is 5.69 Å². The molecule has 1 atom stereocenters. The lowest BCUT2D eigenvalue weighted by Gasteiger charge is -2.25. The SMILES string of the molecule is CCCC(C)(NCc1cn2ccccc2n1)C(=O)O. The standard InChI is InChI=1S/C14H19N3O2/c1-3-7-14(2,13(18)19)15-9-11-10-17-8-5-4-6-12(17)16-11/h4-6,8,10,15H,3,7,9H2,1-2H3,(H,18,19). The number of fused-ring (bicyclic) bond motifs is 1.